The van der Waals surface area contributed by atoms with Gasteiger partial charge in [-0.1, -0.05) is 12.1 Å². The van der Waals surface area contributed by atoms with Crippen LogP contribution >= 0.6 is 0 Å². The zero-order valence-corrected chi connectivity index (χ0v) is 22.7. The van der Waals surface area contributed by atoms with E-state index in [-0.39, 0.29) is 29.5 Å². The highest BCUT2D eigenvalue weighted by molar-refractivity contribution is 5.94. The zero-order chi connectivity index (χ0) is 26.5. The fourth-order valence-electron chi connectivity index (χ4n) is 5.18. The van der Waals surface area contributed by atoms with Crippen LogP contribution in [0, 0.1) is 0 Å². The molecule has 2 aliphatic rings. The van der Waals surface area contributed by atoms with Crippen LogP contribution in [0.25, 0.3) is 10.9 Å². The second-order valence-electron chi connectivity index (χ2n) is 11.2. The van der Waals surface area contributed by atoms with E-state index in [1.54, 1.807) is 6.92 Å². The van der Waals surface area contributed by atoms with Crippen molar-refractivity contribution in [3.8, 4) is 11.6 Å². The number of aryl methyl sites for hydroxylation is 1. The van der Waals surface area contributed by atoms with Crippen LogP contribution in [0.1, 0.15) is 71.2 Å². The Hall–Kier alpha value is -3.49. The van der Waals surface area contributed by atoms with Gasteiger partial charge in [0.1, 0.15) is 22.7 Å². The van der Waals surface area contributed by atoms with Crippen LogP contribution in [0.3, 0.4) is 0 Å². The van der Waals surface area contributed by atoms with Gasteiger partial charge in [0.05, 0.1) is 5.39 Å². The molecule has 37 heavy (non-hydrogen) atoms. The van der Waals surface area contributed by atoms with Gasteiger partial charge in [0.25, 0.3) is 0 Å². The molecule has 0 saturated carbocycles. The summed E-state index contributed by atoms with van der Waals surface area (Å²) in [4.78, 5) is 25.4. The van der Waals surface area contributed by atoms with Crippen molar-refractivity contribution in [3.05, 3.63) is 35.5 Å². The summed E-state index contributed by atoms with van der Waals surface area (Å²) < 4.78 is 8.00. The van der Waals surface area contributed by atoms with Crippen LogP contribution in [-0.4, -0.2) is 62.2 Å². The number of aromatic hydroxyl groups is 1. The van der Waals surface area contributed by atoms with E-state index in [4.69, 9.17) is 14.7 Å². The number of nitrogens with one attached hydrogen (secondary N) is 1. The molecule has 198 valence electrons. The number of nitrogens with zero attached hydrogens (tertiary/aromatic N) is 5. The van der Waals surface area contributed by atoms with Crippen molar-refractivity contribution in [2.45, 2.75) is 72.1 Å². The van der Waals surface area contributed by atoms with Gasteiger partial charge in [0.2, 0.25) is 17.7 Å². The summed E-state index contributed by atoms with van der Waals surface area (Å²) in [5.74, 6) is 2.43. The van der Waals surface area contributed by atoms with E-state index in [0.29, 0.717) is 43.5 Å². The van der Waals surface area contributed by atoms with Crippen LogP contribution in [0.4, 0.5) is 11.8 Å². The minimum atomic E-state index is -0.136. The average molecular weight is 507 g/mol. The Bertz CT molecular complexity index is 1320. The van der Waals surface area contributed by atoms with Gasteiger partial charge in [0, 0.05) is 51.4 Å². The highest BCUT2D eigenvalue weighted by Crippen LogP contribution is 2.37. The van der Waals surface area contributed by atoms with Crippen LogP contribution in [0.2, 0.25) is 0 Å². The summed E-state index contributed by atoms with van der Waals surface area (Å²) in [6.45, 7) is 14.6. The van der Waals surface area contributed by atoms with Gasteiger partial charge >= 0.3 is 0 Å². The predicted octanol–water partition coefficient (Wildman–Crippen LogP) is 4.66. The second kappa shape index (κ2) is 9.43. The van der Waals surface area contributed by atoms with Gasteiger partial charge in [-0.25, -0.2) is 4.98 Å². The van der Waals surface area contributed by atoms with Crippen LogP contribution in [-0.2, 0) is 11.2 Å². The van der Waals surface area contributed by atoms with Gasteiger partial charge in [-0.2, -0.15) is 4.98 Å². The SMILES string of the molecule is CC(=O)N1CCN(c2nc(N[C@H](C)c3ccc4c(c3)CCC(C)(C)O4)c3cn(C(C)C)c(O)c3n2)CC1. The smallest absolute Gasteiger partial charge is 0.228 e. The molecule has 0 radical (unpaired) electrons. The summed E-state index contributed by atoms with van der Waals surface area (Å²) in [6, 6.07) is 6.45. The summed E-state index contributed by atoms with van der Waals surface area (Å²) in [7, 11) is 0. The maximum atomic E-state index is 11.8. The molecule has 0 unspecified atom stereocenters. The summed E-state index contributed by atoms with van der Waals surface area (Å²) in [6.07, 6.45) is 3.90. The summed E-state index contributed by atoms with van der Waals surface area (Å²) >= 11 is 0. The quantitative estimate of drug-likeness (QED) is 0.519. The third-order valence-electron chi connectivity index (χ3n) is 7.54. The van der Waals surface area contributed by atoms with Gasteiger partial charge in [-0.3, -0.25) is 4.79 Å². The molecular weight excluding hydrogens is 468 g/mol. The largest absolute Gasteiger partial charge is 0.493 e. The lowest BCUT2D eigenvalue weighted by atomic mass is 9.92. The number of aromatic nitrogens is 3. The van der Waals surface area contributed by atoms with Gasteiger partial charge in [-0.15, -0.1) is 0 Å². The van der Waals surface area contributed by atoms with Gasteiger partial charge < -0.3 is 29.5 Å². The molecule has 4 heterocycles. The molecule has 1 amide bonds. The fraction of sp³-hybridized carbons (Fsp3) is 0.536. The number of hydrogen-bond acceptors (Lipinski definition) is 7. The molecule has 2 aromatic heterocycles. The highest BCUT2D eigenvalue weighted by atomic mass is 16.5. The molecule has 1 saturated heterocycles. The monoisotopic (exact) mass is 506 g/mol. The molecule has 1 aromatic carbocycles. The molecular formula is C28H38N6O3. The second-order valence-corrected chi connectivity index (χ2v) is 11.2. The molecule has 2 N–H and O–H groups in total. The molecule has 9 nitrogen and oxygen atoms in total. The first-order chi connectivity index (χ1) is 17.5. The summed E-state index contributed by atoms with van der Waals surface area (Å²) in [5, 5.41) is 15.4. The van der Waals surface area contributed by atoms with Crippen LogP contribution < -0.4 is 15.0 Å². The van der Waals surface area contributed by atoms with Crippen molar-refractivity contribution >= 4 is 28.6 Å². The van der Waals surface area contributed by atoms with Crippen molar-refractivity contribution in [3.63, 3.8) is 0 Å². The molecule has 1 atom stereocenters. The topological polar surface area (TPSA) is 95.8 Å². The standard InChI is InChI=1S/C28H38N6O3/c1-17(2)34-16-22-24(26(34)36)30-27(33-13-11-32(12-14-33)19(4)35)31-25(22)29-18(3)20-7-8-23-21(15-20)9-10-28(5,6)37-23/h7-8,15-18,36H,9-14H2,1-6H3,(H,29,30,31)/t18-/m1/s1. The average Bonchev–Trinajstić information content (AvgIpc) is 3.20. The van der Waals surface area contributed by atoms with Crippen molar-refractivity contribution < 1.29 is 14.6 Å². The minimum absolute atomic E-state index is 0.0229. The Morgan fingerprint density at radius 3 is 2.54 bits per heavy atom. The number of hydrogen-bond donors (Lipinski definition) is 2. The number of ether oxygens (including phenoxy) is 1. The van der Waals surface area contributed by atoms with Crippen molar-refractivity contribution in [1.82, 2.24) is 19.4 Å². The van der Waals surface area contributed by atoms with E-state index < -0.39 is 0 Å². The number of carbonyl (C=O) groups is 1. The van der Waals surface area contributed by atoms with E-state index in [2.05, 4.69) is 49.2 Å². The number of rotatable bonds is 5. The van der Waals surface area contributed by atoms with Crippen LogP contribution in [0.15, 0.2) is 24.4 Å². The number of fused-ring (bicyclic) bond motifs is 2. The number of anilines is 2. The number of carbonyl (C=O) groups excluding carboxylic acids is 1. The first-order valence-corrected chi connectivity index (χ1v) is 13.2. The van der Waals surface area contributed by atoms with Crippen molar-refractivity contribution in [2.24, 2.45) is 0 Å². The first-order valence-electron chi connectivity index (χ1n) is 13.2. The summed E-state index contributed by atoms with van der Waals surface area (Å²) in [5.41, 5.74) is 2.77. The molecule has 1 fully saturated rings. The Labute approximate surface area is 218 Å². The molecule has 0 aliphatic carbocycles. The molecule has 0 spiro atoms. The third-order valence-corrected chi connectivity index (χ3v) is 7.54. The Kier molecular flexibility index (Phi) is 6.41. The lowest BCUT2D eigenvalue weighted by molar-refractivity contribution is -0.129. The molecule has 5 rings (SSSR count). The number of piperazine rings is 1. The number of amides is 1. The van der Waals surface area contributed by atoms with E-state index in [1.165, 1.54) is 5.56 Å². The lowest BCUT2D eigenvalue weighted by Gasteiger charge is -2.34. The zero-order valence-electron chi connectivity index (χ0n) is 22.7. The fourth-order valence-corrected chi connectivity index (χ4v) is 5.18. The first kappa shape index (κ1) is 25.2. The van der Waals surface area contributed by atoms with Crippen molar-refractivity contribution in [1.29, 1.82) is 0 Å². The Morgan fingerprint density at radius 1 is 1.14 bits per heavy atom. The normalized spacial score (nSPS) is 18.0. The maximum Gasteiger partial charge on any atom is 0.228 e. The molecule has 3 aromatic rings. The van der Waals surface area contributed by atoms with Gasteiger partial charge in [-0.05, 0) is 64.7 Å². The molecule has 2 aliphatic heterocycles. The van der Waals surface area contributed by atoms with E-state index in [9.17, 15) is 9.90 Å². The Morgan fingerprint density at radius 2 is 1.86 bits per heavy atom. The van der Waals surface area contributed by atoms with Gasteiger partial charge in [0.15, 0.2) is 0 Å². The highest BCUT2D eigenvalue weighted by Gasteiger charge is 2.28. The molecule has 0 bridgehead atoms. The van der Waals surface area contributed by atoms with E-state index in [0.717, 1.165) is 29.5 Å². The lowest BCUT2D eigenvalue weighted by Crippen LogP contribution is -2.48. The number of benzene rings is 1. The third kappa shape index (κ3) is 4.91. The van der Waals surface area contributed by atoms with Crippen molar-refractivity contribution in [2.75, 3.05) is 36.4 Å². The van der Waals surface area contributed by atoms with E-state index in [1.807, 2.05) is 29.5 Å². The van der Waals surface area contributed by atoms with E-state index >= 15 is 0 Å². The Balaban J connectivity index is 1.47. The minimum Gasteiger partial charge on any atom is -0.493 e. The predicted molar refractivity (Wildman–Crippen MR) is 146 cm³/mol. The maximum absolute atomic E-state index is 11.8. The van der Waals surface area contributed by atoms with Crippen LogP contribution in [0.5, 0.6) is 11.6 Å². The molecule has 9 heteroatoms.